The molecule has 0 radical (unpaired) electrons. The molecule has 1 aliphatic carbocycles. The Bertz CT molecular complexity index is 713. The van der Waals surface area contributed by atoms with E-state index in [2.05, 4.69) is 5.16 Å². The first-order valence-electron chi connectivity index (χ1n) is 7.09. The maximum absolute atomic E-state index is 14.0. The van der Waals surface area contributed by atoms with E-state index in [1.165, 1.54) is 11.6 Å². The highest BCUT2D eigenvalue weighted by Crippen LogP contribution is 2.27. The van der Waals surface area contributed by atoms with Crippen LogP contribution in [-0.4, -0.2) is 5.71 Å². The van der Waals surface area contributed by atoms with Crippen LogP contribution in [0.3, 0.4) is 0 Å². The lowest BCUT2D eigenvalue weighted by molar-refractivity contribution is 0.402. The summed E-state index contributed by atoms with van der Waals surface area (Å²) in [4.78, 5) is 0.922. The maximum Gasteiger partial charge on any atom is 0.135 e. The molecule has 2 aromatic carbocycles. The smallest absolute Gasteiger partial charge is 0.135 e. The lowest BCUT2D eigenvalue weighted by Gasteiger charge is -2.17. The standard InChI is InChI=1S/C17H15F2NOS/c1-11-5-7-14(8-6-11)22-21-20-16-4-2-3-12-9-13(18)10-15(19)17(12)16/h5-10H,2-4H2,1H3/b20-16+. The van der Waals surface area contributed by atoms with Crippen LogP contribution in [0.25, 0.3) is 0 Å². The van der Waals surface area contributed by atoms with E-state index in [-0.39, 0.29) is 0 Å². The van der Waals surface area contributed by atoms with Gasteiger partial charge < -0.3 is 4.28 Å². The third-order valence-electron chi connectivity index (χ3n) is 3.59. The van der Waals surface area contributed by atoms with Gasteiger partial charge in [-0.05, 0) is 49.9 Å². The molecule has 0 N–H and O–H groups in total. The van der Waals surface area contributed by atoms with Crippen molar-refractivity contribution in [2.24, 2.45) is 5.16 Å². The molecule has 22 heavy (non-hydrogen) atoms. The van der Waals surface area contributed by atoms with E-state index >= 15 is 0 Å². The van der Waals surface area contributed by atoms with Crippen LogP contribution in [0.15, 0.2) is 46.4 Å². The summed E-state index contributed by atoms with van der Waals surface area (Å²) in [5, 5.41) is 4.05. The molecule has 3 rings (SSSR count). The van der Waals surface area contributed by atoms with Gasteiger partial charge in [-0.15, -0.1) is 0 Å². The predicted molar refractivity (Wildman–Crippen MR) is 84.0 cm³/mol. The molecule has 0 amide bonds. The van der Waals surface area contributed by atoms with Crippen LogP contribution in [0.4, 0.5) is 8.78 Å². The number of aryl methyl sites for hydroxylation is 2. The summed E-state index contributed by atoms with van der Waals surface area (Å²) in [6.45, 7) is 2.01. The van der Waals surface area contributed by atoms with Crippen molar-refractivity contribution in [1.29, 1.82) is 0 Å². The lowest BCUT2D eigenvalue weighted by Crippen LogP contribution is -2.15. The summed E-state index contributed by atoms with van der Waals surface area (Å²) >= 11 is 1.12. The summed E-state index contributed by atoms with van der Waals surface area (Å²) < 4.78 is 32.6. The minimum absolute atomic E-state index is 0.386. The van der Waals surface area contributed by atoms with Crippen LogP contribution in [0.2, 0.25) is 0 Å². The van der Waals surface area contributed by atoms with Gasteiger partial charge in [0.1, 0.15) is 23.7 Å². The monoisotopic (exact) mass is 319 g/mol. The molecular weight excluding hydrogens is 304 g/mol. The van der Waals surface area contributed by atoms with E-state index in [1.807, 2.05) is 31.2 Å². The van der Waals surface area contributed by atoms with Crippen molar-refractivity contribution in [3.8, 4) is 0 Å². The second kappa shape index (κ2) is 6.48. The second-order valence-electron chi connectivity index (χ2n) is 5.28. The van der Waals surface area contributed by atoms with Gasteiger partial charge in [-0.2, -0.15) is 0 Å². The van der Waals surface area contributed by atoms with Crippen molar-refractivity contribution >= 4 is 17.8 Å². The molecule has 0 bridgehead atoms. The number of halogens is 2. The maximum atomic E-state index is 14.0. The van der Waals surface area contributed by atoms with Crippen molar-refractivity contribution in [3.63, 3.8) is 0 Å². The van der Waals surface area contributed by atoms with Gasteiger partial charge in [-0.3, -0.25) is 0 Å². The summed E-state index contributed by atoms with van der Waals surface area (Å²) in [6, 6.07) is 10.1. The molecule has 0 saturated carbocycles. The molecule has 1 aliphatic rings. The molecule has 0 aliphatic heterocycles. The average Bonchev–Trinajstić information content (AvgIpc) is 2.49. The largest absolute Gasteiger partial charge is 0.317 e. The highest BCUT2D eigenvalue weighted by Gasteiger charge is 2.21. The van der Waals surface area contributed by atoms with Crippen molar-refractivity contribution in [2.75, 3.05) is 0 Å². The third-order valence-corrected chi connectivity index (χ3v) is 4.20. The Balaban J connectivity index is 1.77. The molecule has 0 unspecified atom stereocenters. The highest BCUT2D eigenvalue weighted by atomic mass is 32.2. The fraction of sp³-hybridized carbons (Fsp3) is 0.235. The van der Waals surface area contributed by atoms with Gasteiger partial charge >= 0.3 is 0 Å². The molecule has 2 nitrogen and oxygen atoms in total. The average molecular weight is 319 g/mol. The molecule has 0 fully saturated rings. The first-order chi connectivity index (χ1) is 10.6. The van der Waals surface area contributed by atoms with Gasteiger partial charge in [0.15, 0.2) is 0 Å². The zero-order valence-electron chi connectivity index (χ0n) is 12.1. The number of benzene rings is 2. The van der Waals surface area contributed by atoms with E-state index in [4.69, 9.17) is 4.28 Å². The van der Waals surface area contributed by atoms with Crippen LogP contribution in [0.5, 0.6) is 0 Å². The van der Waals surface area contributed by atoms with Crippen LogP contribution in [0, 0.1) is 18.6 Å². The first-order valence-corrected chi connectivity index (χ1v) is 7.83. The number of hydrogen-bond acceptors (Lipinski definition) is 3. The third kappa shape index (κ3) is 3.30. The van der Waals surface area contributed by atoms with Crippen LogP contribution in [0.1, 0.15) is 29.5 Å². The Morgan fingerprint density at radius 1 is 1.09 bits per heavy atom. The van der Waals surface area contributed by atoms with Gasteiger partial charge in [0, 0.05) is 11.6 Å². The Morgan fingerprint density at radius 2 is 1.86 bits per heavy atom. The minimum Gasteiger partial charge on any atom is -0.317 e. The normalized spacial score (nSPS) is 15.7. The van der Waals surface area contributed by atoms with Gasteiger partial charge in [-0.25, -0.2) is 8.78 Å². The number of oxime groups is 1. The number of nitrogens with zero attached hydrogens (tertiary/aromatic N) is 1. The fourth-order valence-electron chi connectivity index (χ4n) is 2.51. The minimum atomic E-state index is -0.572. The van der Waals surface area contributed by atoms with E-state index < -0.39 is 11.6 Å². The Kier molecular flexibility index (Phi) is 4.43. The molecule has 0 atom stereocenters. The van der Waals surface area contributed by atoms with E-state index in [0.29, 0.717) is 29.7 Å². The zero-order valence-corrected chi connectivity index (χ0v) is 12.9. The molecule has 5 heteroatoms. The lowest BCUT2D eigenvalue weighted by atomic mass is 9.89. The van der Waals surface area contributed by atoms with Crippen LogP contribution in [-0.2, 0) is 10.7 Å². The van der Waals surface area contributed by atoms with Gasteiger partial charge in [0.25, 0.3) is 0 Å². The molecule has 0 saturated heterocycles. The van der Waals surface area contributed by atoms with Gasteiger partial charge in [0.2, 0.25) is 0 Å². The Morgan fingerprint density at radius 3 is 2.64 bits per heavy atom. The van der Waals surface area contributed by atoms with Crippen LogP contribution >= 0.6 is 12.0 Å². The predicted octanol–water partition coefficient (Wildman–Crippen LogP) is 5.04. The van der Waals surface area contributed by atoms with Crippen LogP contribution < -0.4 is 0 Å². The molecule has 114 valence electrons. The summed E-state index contributed by atoms with van der Waals surface area (Å²) in [6.07, 6.45) is 2.10. The highest BCUT2D eigenvalue weighted by molar-refractivity contribution is 7.94. The number of fused-ring (bicyclic) bond motifs is 1. The van der Waals surface area contributed by atoms with Gasteiger partial charge in [-0.1, -0.05) is 22.9 Å². The van der Waals surface area contributed by atoms with E-state index in [1.54, 1.807) is 0 Å². The van der Waals surface area contributed by atoms with Crippen molar-refractivity contribution in [1.82, 2.24) is 0 Å². The Labute approximate surface area is 132 Å². The molecule has 0 heterocycles. The Hall–Kier alpha value is -1.88. The SMILES string of the molecule is Cc1ccc(SO/N=C2\CCCc3cc(F)cc(F)c32)cc1. The topological polar surface area (TPSA) is 21.6 Å². The van der Waals surface area contributed by atoms with Crippen molar-refractivity contribution in [3.05, 3.63) is 64.7 Å². The quantitative estimate of drug-likeness (QED) is 0.584. The van der Waals surface area contributed by atoms with Crippen molar-refractivity contribution in [2.45, 2.75) is 31.1 Å². The number of rotatable bonds is 3. The fourth-order valence-corrected chi connectivity index (χ4v) is 2.97. The van der Waals surface area contributed by atoms with E-state index in [0.717, 1.165) is 29.4 Å². The van der Waals surface area contributed by atoms with Gasteiger partial charge in [0.05, 0.1) is 10.6 Å². The molecule has 0 aromatic heterocycles. The molecular formula is C17H15F2NOS. The molecule has 2 aromatic rings. The summed E-state index contributed by atoms with van der Waals surface area (Å²) in [7, 11) is 0. The zero-order chi connectivity index (χ0) is 15.5. The molecule has 0 spiro atoms. The first kappa shape index (κ1) is 15.0. The second-order valence-corrected chi connectivity index (χ2v) is 6.07. The summed E-state index contributed by atoms with van der Waals surface area (Å²) in [5.74, 6) is -1.12. The summed E-state index contributed by atoms with van der Waals surface area (Å²) in [5.41, 5.74) is 2.75. The number of hydrogen-bond donors (Lipinski definition) is 0. The van der Waals surface area contributed by atoms with Crippen molar-refractivity contribution < 1.29 is 13.1 Å². The van der Waals surface area contributed by atoms with E-state index in [9.17, 15) is 8.78 Å².